The van der Waals surface area contributed by atoms with Gasteiger partial charge in [0, 0.05) is 57.7 Å². The maximum Gasteiger partial charge on any atom is 0.253 e. The summed E-state index contributed by atoms with van der Waals surface area (Å²) in [7, 11) is 2.06. The van der Waals surface area contributed by atoms with Crippen LogP contribution >= 0.6 is 0 Å². The monoisotopic (exact) mass is 613 g/mol. The van der Waals surface area contributed by atoms with E-state index in [2.05, 4.69) is 17.3 Å². The highest BCUT2D eigenvalue weighted by Gasteiger charge is 2.39. The first kappa shape index (κ1) is 33.7. The van der Waals surface area contributed by atoms with E-state index in [1.807, 2.05) is 49.9 Å². The number of likely N-dealkylation sites (tertiary alicyclic amines) is 1. The normalized spacial score (nSPS) is 20.2. The first-order valence-electron chi connectivity index (χ1n) is 16.2. The Morgan fingerprint density at radius 1 is 0.977 bits per heavy atom. The molecule has 0 aromatic heterocycles. The third-order valence-electron chi connectivity index (χ3n) is 9.34. The third kappa shape index (κ3) is 9.17. The second kappa shape index (κ2) is 15.2. The molecule has 11 heteroatoms. The van der Waals surface area contributed by atoms with E-state index in [-0.39, 0.29) is 30.4 Å². The Morgan fingerprint density at radius 2 is 1.59 bits per heavy atom. The molecule has 0 radical (unpaired) electrons. The lowest BCUT2D eigenvalue weighted by Crippen LogP contribution is -2.58. The highest BCUT2D eigenvalue weighted by molar-refractivity contribution is 5.94. The van der Waals surface area contributed by atoms with Gasteiger partial charge in [-0.05, 0) is 49.1 Å². The van der Waals surface area contributed by atoms with Gasteiger partial charge in [0.1, 0.15) is 17.9 Å². The summed E-state index contributed by atoms with van der Waals surface area (Å²) in [5, 5.41) is 13.4. The second-order valence-corrected chi connectivity index (χ2v) is 13.9. The molecule has 1 saturated carbocycles. The number of likely N-dealkylation sites (N-methyl/N-ethyl adjacent to an activating group) is 1. The first-order chi connectivity index (χ1) is 20.9. The Balaban J connectivity index is 1.30. The zero-order valence-electron chi connectivity index (χ0n) is 26.9. The van der Waals surface area contributed by atoms with Crippen LogP contribution in [0.5, 0.6) is 5.75 Å². The molecule has 1 aromatic carbocycles. The van der Waals surface area contributed by atoms with Crippen molar-refractivity contribution in [2.45, 2.75) is 77.9 Å². The Kier molecular flexibility index (Phi) is 11.6. The summed E-state index contributed by atoms with van der Waals surface area (Å²) < 4.78 is 6.22. The molecule has 0 bridgehead atoms. The molecule has 2 saturated heterocycles. The topological polar surface area (TPSA) is 123 Å². The molecule has 11 nitrogen and oxygen atoms in total. The minimum atomic E-state index is -0.743. The number of hydrogen-bond donors (Lipinski definition) is 2. The number of hydroxylamine groups is 2. The van der Waals surface area contributed by atoms with Gasteiger partial charge >= 0.3 is 0 Å². The number of rotatable bonds is 11. The van der Waals surface area contributed by atoms with Crippen molar-refractivity contribution in [3.05, 3.63) is 29.8 Å². The Morgan fingerprint density at radius 3 is 2.16 bits per heavy atom. The van der Waals surface area contributed by atoms with Crippen LogP contribution in [0.3, 0.4) is 0 Å². The van der Waals surface area contributed by atoms with Gasteiger partial charge < -0.3 is 24.8 Å². The Hall–Kier alpha value is -3.18. The number of hydrogen-bond acceptors (Lipinski definition) is 7. The highest BCUT2D eigenvalue weighted by Crippen LogP contribution is 2.31. The number of amides is 4. The van der Waals surface area contributed by atoms with Crippen LogP contribution < -0.4 is 10.1 Å². The van der Waals surface area contributed by atoms with Crippen LogP contribution in [-0.4, -0.2) is 114 Å². The predicted molar refractivity (Wildman–Crippen MR) is 166 cm³/mol. The molecule has 1 aliphatic carbocycles. The minimum Gasteiger partial charge on any atom is -0.490 e. The van der Waals surface area contributed by atoms with Crippen molar-refractivity contribution in [3.63, 3.8) is 0 Å². The van der Waals surface area contributed by atoms with Crippen LogP contribution in [0.15, 0.2) is 24.3 Å². The van der Waals surface area contributed by atoms with Gasteiger partial charge in [-0.3, -0.25) is 24.4 Å². The molecule has 1 aromatic rings. The Bertz CT molecular complexity index is 1120. The molecule has 3 fully saturated rings. The van der Waals surface area contributed by atoms with Crippen molar-refractivity contribution in [2.24, 2.45) is 17.3 Å². The zero-order chi connectivity index (χ0) is 31.9. The number of nitrogens with zero attached hydrogens (tertiary/aromatic N) is 4. The SMILES string of the molecule is CN1CCN(C(=O)c2ccc(OC3CCN(C(=O)C(NC(=O)C(CC4CCCC4)CN(O)C=O)C(C)(C)C)CC3)cc2)CC1. The van der Waals surface area contributed by atoms with Gasteiger partial charge in [-0.15, -0.1) is 0 Å². The molecule has 3 aliphatic rings. The second-order valence-electron chi connectivity index (χ2n) is 13.9. The summed E-state index contributed by atoms with van der Waals surface area (Å²) in [5.41, 5.74) is 0.117. The van der Waals surface area contributed by atoms with Crippen LogP contribution in [0, 0.1) is 17.3 Å². The Labute approximate surface area is 261 Å². The summed E-state index contributed by atoms with van der Waals surface area (Å²) in [6.45, 7) is 9.92. The number of ether oxygens (including phenoxy) is 1. The lowest BCUT2D eigenvalue weighted by Gasteiger charge is -2.39. The van der Waals surface area contributed by atoms with E-state index >= 15 is 0 Å². The number of piperidine rings is 1. The van der Waals surface area contributed by atoms with Crippen LogP contribution in [0.2, 0.25) is 0 Å². The first-order valence-corrected chi connectivity index (χ1v) is 16.2. The fourth-order valence-electron chi connectivity index (χ4n) is 6.53. The molecule has 2 heterocycles. The fourth-order valence-corrected chi connectivity index (χ4v) is 6.53. The van der Waals surface area contributed by atoms with Crippen LogP contribution in [0.1, 0.15) is 76.1 Å². The molecule has 0 spiro atoms. The molecule has 2 atom stereocenters. The number of nitrogens with one attached hydrogen (secondary N) is 1. The maximum absolute atomic E-state index is 13.8. The standard InChI is InChI=1S/C33H51N5O6/c1-33(2,3)29(34-30(40)26(22-38(43)23-39)21-24-7-5-6-8-24)32(42)36-15-13-28(14-16-36)44-27-11-9-25(10-12-27)31(41)37-19-17-35(4)18-20-37/h9-12,23-24,26,28-29,43H,5-8,13-22H2,1-4H3,(H,34,40). The zero-order valence-corrected chi connectivity index (χ0v) is 26.9. The number of carbonyl (C=O) groups is 4. The quantitative estimate of drug-likeness (QED) is 0.224. The van der Waals surface area contributed by atoms with E-state index in [1.165, 1.54) is 0 Å². The van der Waals surface area contributed by atoms with Crippen LogP contribution in [0.4, 0.5) is 0 Å². The van der Waals surface area contributed by atoms with Gasteiger partial charge in [-0.1, -0.05) is 46.5 Å². The average Bonchev–Trinajstić information content (AvgIpc) is 3.52. The van der Waals surface area contributed by atoms with Gasteiger partial charge in [0.05, 0.1) is 12.5 Å². The van der Waals surface area contributed by atoms with Gasteiger partial charge in [-0.2, -0.15) is 0 Å². The molecular weight excluding hydrogens is 562 g/mol. The summed E-state index contributed by atoms with van der Waals surface area (Å²) in [5.74, 6) is 0.0895. The molecule has 2 aliphatic heterocycles. The van der Waals surface area contributed by atoms with Crippen LogP contribution in [0.25, 0.3) is 0 Å². The van der Waals surface area contributed by atoms with Crippen molar-refractivity contribution in [3.8, 4) is 5.75 Å². The number of piperazine rings is 1. The van der Waals surface area contributed by atoms with E-state index in [9.17, 15) is 24.4 Å². The van der Waals surface area contributed by atoms with Crippen molar-refractivity contribution in [1.82, 2.24) is 25.1 Å². The molecule has 2 N–H and O–H groups in total. The van der Waals surface area contributed by atoms with Crippen molar-refractivity contribution in [2.75, 3.05) is 52.9 Å². The smallest absolute Gasteiger partial charge is 0.253 e. The largest absolute Gasteiger partial charge is 0.490 e. The molecule has 2 unspecified atom stereocenters. The summed E-state index contributed by atoms with van der Waals surface area (Å²) in [4.78, 5) is 57.1. The predicted octanol–water partition coefficient (Wildman–Crippen LogP) is 3.02. The summed E-state index contributed by atoms with van der Waals surface area (Å²) >= 11 is 0. The molecule has 44 heavy (non-hydrogen) atoms. The van der Waals surface area contributed by atoms with Gasteiger partial charge in [0.15, 0.2) is 0 Å². The maximum atomic E-state index is 13.8. The summed E-state index contributed by atoms with van der Waals surface area (Å²) in [6.07, 6.45) is 6.47. The molecule has 244 valence electrons. The lowest BCUT2D eigenvalue weighted by atomic mass is 9.84. The van der Waals surface area contributed by atoms with Gasteiger partial charge in [-0.25, -0.2) is 5.06 Å². The fraction of sp³-hybridized carbons (Fsp3) is 0.697. The number of carbonyl (C=O) groups excluding carboxylic acids is 4. The van der Waals surface area contributed by atoms with Crippen molar-refractivity contribution >= 4 is 24.1 Å². The lowest BCUT2D eigenvalue weighted by molar-refractivity contribution is -0.156. The van der Waals surface area contributed by atoms with Crippen molar-refractivity contribution < 1.29 is 29.1 Å². The minimum absolute atomic E-state index is 0.0410. The van der Waals surface area contributed by atoms with E-state index in [0.29, 0.717) is 61.1 Å². The van der Waals surface area contributed by atoms with Crippen LogP contribution in [-0.2, 0) is 14.4 Å². The number of benzene rings is 1. The van der Waals surface area contributed by atoms with E-state index in [0.717, 1.165) is 51.9 Å². The molecule has 4 rings (SSSR count). The molecular formula is C33H51N5O6. The van der Waals surface area contributed by atoms with E-state index in [4.69, 9.17) is 4.74 Å². The third-order valence-corrected chi connectivity index (χ3v) is 9.34. The van der Waals surface area contributed by atoms with E-state index in [1.54, 1.807) is 4.90 Å². The summed E-state index contributed by atoms with van der Waals surface area (Å²) in [6, 6.07) is 6.57. The van der Waals surface area contributed by atoms with E-state index < -0.39 is 17.4 Å². The molecule has 4 amide bonds. The van der Waals surface area contributed by atoms with Crippen molar-refractivity contribution in [1.29, 1.82) is 0 Å². The average molecular weight is 614 g/mol. The van der Waals surface area contributed by atoms with Gasteiger partial charge in [0.25, 0.3) is 5.91 Å². The highest BCUT2D eigenvalue weighted by atomic mass is 16.5. The van der Waals surface area contributed by atoms with Gasteiger partial charge in [0.2, 0.25) is 18.2 Å².